The van der Waals surface area contributed by atoms with E-state index in [9.17, 15) is 4.79 Å². The second-order valence-corrected chi connectivity index (χ2v) is 5.19. The second kappa shape index (κ2) is 7.35. The van der Waals surface area contributed by atoms with Crippen LogP contribution in [0.15, 0.2) is 6.20 Å². The molecule has 0 spiro atoms. The van der Waals surface area contributed by atoms with Gasteiger partial charge in [-0.3, -0.25) is 9.48 Å². The van der Waals surface area contributed by atoms with Gasteiger partial charge in [0.1, 0.15) is 0 Å². The minimum Gasteiger partial charge on any atom is -0.383 e. The highest BCUT2D eigenvalue weighted by Gasteiger charge is 2.27. The number of nitrogens with zero attached hydrogens (tertiary/aromatic N) is 4. The molecule has 0 saturated carbocycles. The Balaban J connectivity index is 1.65. The van der Waals surface area contributed by atoms with Crippen LogP contribution in [0, 0.1) is 12.8 Å². The molecule has 1 amide bonds. The van der Waals surface area contributed by atoms with Gasteiger partial charge in [-0.15, -0.1) is 5.10 Å². The summed E-state index contributed by atoms with van der Waals surface area (Å²) in [5.41, 5.74) is 0.890. The van der Waals surface area contributed by atoms with Gasteiger partial charge in [0.15, 0.2) is 0 Å². The minimum atomic E-state index is 0.101. The number of amides is 1. The van der Waals surface area contributed by atoms with E-state index in [1.807, 2.05) is 13.1 Å². The summed E-state index contributed by atoms with van der Waals surface area (Å²) in [5.74, 6) is 0.242. The van der Waals surface area contributed by atoms with Crippen LogP contribution >= 0.6 is 0 Å². The zero-order chi connectivity index (χ0) is 14.4. The highest BCUT2D eigenvalue weighted by atomic mass is 16.5. The molecule has 7 heteroatoms. The van der Waals surface area contributed by atoms with Gasteiger partial charge in [-0.25, -0.2) is 0 Å². The first-order valence-corrected chi connectivity index (χ1v) is 7.05. The van der Waals surface area contributed by atoms with Crippen molar-refractivity contribution in [1.82, 2.24) is 25.2 Å². The summed E-state index contributed by atoms with van der Waals surface area (Å²) in [6.07, 6.45) is 2.80. The lowest BCUT2D eigenvalue weighted by atomic mass is 10.1. The number of aryl methyl sites for hydroxylation is 1. The van der Waals surface area contributed by atoms with Gasteiger partial charge in [0.25, 0.3) is 0 Å². The Morgan fingerprint density at radius 3 is 3.10 bits per heavy atom. The molecule has 0 aromatic carbocycles. The SMILES string of the molecule is COCCN1CC[C@@H](C(=O)NCCn2cc(C)nn2)C1. The van der Waals surface area contributed by atoms with E-state index in [0.29, 0.717) is 13.1 Å². The molecule has 1 aromatic rings. The highest BCUT2D eigenvalue weighted by Crippen LogP contribution is 2.15. The average molecular weight is 281 g/mol. The fraction of sp³-hybridized carbons (Fsp3) is 0.769. The molecule has 2 heterocycles. The molecule has 7 nitrogen and oxygen atoms in total. The van der Waals surface area contributed by atoms with Crippen LogP contribution in [0.4, 0.5) is 0 Å². The Kier molecular flexibility index (Phi) is 5.49. The van der Waals surface area contributed by atoms with Crippen molar-refractivity contribution in [3.63, 3.8) is 0 Å². The van der Waals surface area contributed by atoms with Gasteiger partial charge in [-0.2, -0.15) is 0 Å². The maximum atomic E-state index is 12.0. The molecule has 0 radical (unpaired) electrons. The molecule has 2 rings (SSSR count). The zero-order valence-corrected chi connectivity index (χ0v) is 12.2. The quantitative estimate of drug-likeness (QED) is 0.741. The normalized spacial score (nSPS) is 19.4. The molecule has 0 aliphatic carbocycles. The molecule has 20 heavy (non-hydrogen) atoms. The van der Waals surface area contributed by atoms with Crippen molar-refractivity contribution < 1.29 is 9.53 Å². The van der Waals surface area contributed by atoms with Crippen LogP contribution in [0.2, 0.25) is 0 Å². The summed E-state index contributed by atoms with van der Waals surface area (Å²) in [4.78, 5) is 14.3. The van der Waals surface area contributed by atoms with E-state index in [1.54, 1.807) is 11.8 Å². The second-order valence-electron chi connectivity index (χ2n) is 5.19. The Hall–Kier alpha value is -1.47. The van der Waals surface area contributed by atoms with Crippen molar-refractivity contribution >= 4 is 5.91 Å². The number of carbonyl (C=O) groups excluding carboxylic acids is 1. The van der Waals surface area contributed by atoms with Crippen molar-refractivity contribution in [2.45, 2.75) is 19.9 Å². The smallest absolute Gasteiger partial charge is 0.224 e. The number of nitrogens with one attached hydrogen (secondary N) is 1. The van der Waals surface area contributed by atoms with Gasteiger partial charge in [0.05, 0.1) is 24.8 Å². The molecule has 0 unspecified atom stereocenters. The fourth-order valence-corrected chi connectivity index (χ4v) is 2.41. The van der Waals surface area contributed by atoms with Gasteiger partial charge in [-0.05, 0) is 19.9 Å². The average Bonchev–Trinajstić information content (AvgIpc) is 3.05. The van der Waals surface area contributed by atoms with Gasteiger partial charge < -0.3 is 15.0 Å². The molecule has 1 aliphatic rings. The fourth-order valence-electron chi connectivity index (χ4n) is 2.41. The summed E-state index contributed by atoms with van der Waals surface area (Å²) in [6.45, 7) is 6.58. The maximum absolute atomic E-state index is 12.0. The maximum Gasteiger partial charge on any atom is 0.224 e. The van der Waals surface area contributed by atoms with Crippen LogP contribution in [0.1, 0.15) is 12.1 Å². The van der Waals surface area contributed by atoms with Crippen molar-refractivity contribution in [3.8, 4) is 0 Å². The molecular weight excluding hydrogens is 258 g/mol. The summed E-state index contributed by atoms with van der Waals surface area (Å²) >= 11 is 0. The van der Waals surface area contributed by atoms with Crippen molar-refractivity contribution in [2.75, 3.05) is 39.9 Å². The zero-order valence-electron chi connectivity index (χ0n) is 12.2. The van der Waals surface area contributed by atoms with Crippen molar-refractivity contribution in [3.05, 3.63) is 11.9 Å². The van der Waals surface area contributed by atoms with Crippen LogP contribution in [0.5, 0.6) is 0 Å². The molecule has 1 aliphatic heterocycles. The predicted molar refractivity (Wildman–Crippen MR) is 74.2 cm³/mol. The Labute approximate surface area is 119 Å². The molecule has 1 N–H and O–H groups in total. The van der Waals surface area contributed by atoms with E-state index >= 15 is 0 Å². The first-order valence-electron chi connectivity index (χ1n) is 7.05. The standard InChI is InChI=1S/C13H23N5O2/c1-11-9-18(16-15-11)6-4-14-13(19)12-3-5-17(10-12)7-8-20-2/h9,12H,3-8,10H2,1-2H3,(H,14,19)/t12-/m1/s1. The predicted octanol–water partition coefficient (Wildman–Crippen LogP) is -0.329. The number of hydrogen-bond donors (Lipinski definition) is 1. The number of rotatable bonds is 7. The number of likely N-dealkylation sites (tertiary alicyclic amines) is 1. The monoisotopic (exact) mass is 281 g/mol. The molecule has 1 saturated heterocycles. The van der Waals surface area contributed by atoms with Crippen molar-refractivity contribution in [1.29, 1.82) is 0 Å². The molecule has 1 atom stereocenters. The van der Waals surface area contributed by atoms with Crippen LogP contribution in [0.3, 0.4) is 0 Å². The topological polar surface area (TPSA) is 72.3 Å². The van der Waals surface area contributed by atoms with Gasteiger partial charge in [-0.1, -0.05) is 5.21 Å². The number of carbonyl (C=O) groups is 1. The van der Waals surface area contributed by atoms with Crippen LogP contribution < -0.4 is 5.32 Å². The van der Waals surface area contributed by atoms with E-state index in [4.69, 9.17) is 4.74 Å². The van der Waals surface area contributed by atoms with Crippen LogP contribution in [0.25, 0.3) is 0 Å². The van der Waals surface area contributed by atoms with Crippen molar-refractivity contribution in [2.24, 2.45) is 5.92 Å². The number of hydrogen-bond acceptors (Lipinski definition) is 5. The molecular formula is C13H23N5O2. The third kappa shape index (κ3) is 4.28. The lowest BCUT2D eigenvalue weighted by Crippen LogP contribution is -2.35. The minimum absolute atomic E-state index is 0.101. The third-order valence-corrected chi connectivity index (χ3v) is 3.55. The van der Waals surface area contributed by atoms with E-state index in [0.717, 1.165) is 38.4 Å². The van der Waals surface area contributed by atoms with Gasteiger partial charge in [0.2, 0.25) is 5.91 Å². The number of methoxy groups -OCH3 is 1. The third-order valence-electron chi connectivity index (χ3n) is 3.55. The van der Waals surface area contributed by atoms with E-state index in [-0.39, 0.29) is 11.8 Å². The van der Waals surface area contributed by atoms with Crippen LogP contribution in [-0.2, 0) is 16.1 Å². The molecule has 112 valence electrons. The summed E-state index contributed by atoms with van der Waals surface area (Å²) in [7, 11) is 1.70. The molecule has 0 bridgehead atoms. The van der Waals surface area contributed by atoms with E-state index in [2.05, 4.69) is 20.5 Å². The summed E-state index contributed by atoms with van der Waals surface area (Å²) in [5, 5.41) is 10.8. The Morgan fingerprint density at radius 2 is 2.40 bits per heavy atom. The lowest BCUT2D eigenvalue weighted by Gasteiger charge is -2.15. The first-order chi connectivity index (χ1) is 9.69. The molecule has 1 fully saturated rings. The Morgan fingerprint density at radius 1 is 1.55 bits per heavy atom. The van der Waals surface area contributed by atoms with Crippen LogP contribution in [-0.4, -0.2) is 65.7 Å². The lowest BCUT2D eigenvalue weighted by molar-refractivity contribution is -0.124. The Bertz CT molecular complexity index is 434. The molecule has 1 aromatic heterocycles. The van der Waals surface area contributed by atoms with E-state index < -0.39 is 0 Å². The van der Waals surface area contributed by atoms with Gasteiger partial charge >= 0.3 is 0 Å². The summed E-state index contributed by atoms with van der Waals surface area (Å²) < 4.78 is 6.80. The van der Waals surface area contributed by atoms with Gasteiger partial charge in [0, 0.05) is 32.9 Å². The largest absolute Gasteiger partial charge is 0.383 e. The highest BCUT2D eigenvalue weighted by molar-refractivity contribution is 5.79. The first kappa shape index (κ1) is 14.9. The number of aromatic nitrogens is 3. The summed E-state index contributed by atoms with van der Waals surface area (Å²) in [6, 6.07) is 0. The van der Waals surface area contributed by atoms with E-state index in [1.165, 1.54) is 0 Å². The number of ether oxygens (including phenoxy) is 1.